The topological polar surface area (TPSA) is 373 Å². The highest BCUT2D eigenvalue weighted by Crippen LogP contribution is 2.61. The predicted molar refractivity (Wildman–Crippen MR) is 197 cm³/mol. The monoisotopic (exact) mass is 895 g/mol. The van der Waals surface area contributed by atoms with E-state index in [0.717, 1.165) is 48.2 Å². The van der Waals surface area contributed by atoms with Crippen molar-refractivity contribution in [3.05, 3.63) is 12.7 Å². The summed E-state index contributed by atoms with van der Waals surface area (Å²) in [7, 11) is -16.4. The molecule has 2 amide bonds. The summed E-state index contributed by atoms with van der Waals surface area (Å²) in [5.41, 5.74) is 4.26. The molecule has 3 heterocycles. The number of amides is 2. The maximum absolute atomic E-state index is 12.7. The highest BCUT2D eigenvalue weighted by molar-refractivity contribution is 8.13. The van der Waals surface area contributed by atoms with Crippen molar-refractivity contribution in [1.29, 1.82) is 0 Å². The molecule has 0 spiro atoms. The van der Waals surface area contributed by atoms with Crippen LogP contribution in [0.3, 0.4) is 0 Å². The van der Waals surface area contributed by atoms with Gasteiger partial charge in [-0.25, -0.2) is 28.6 Å². The number of fused-ring (bicyclic) bond motifs is 1. The number of hydrogen-bond donors (Lipinski definition) is 9. The summed E-state index contributed by atoms with van der Waals surface area (Å²) >= 11 is 1.01. The molecule has 29 heteroatoms. The van der Waals surface area contributed by atoms with E-state index >= 15 is 0 Å². The lowest BCUT2D eigenvalue weighted by Crippen LogP contribution is -2.46. The Kier molecular flexibility index (Phi) is 18.6. The van der Waals surface area contributed by atoms with Crippen molar-refractivity contribution in [1.82, 2.24) is 30.2 Å². The van der Waals surface area contributed by atoms with Crippen LogP contribution in [0.15, 0.2) is 12.7 Å². The first-order valence-corrected chi connectivity index (χ1v) is 22.7. The fraction of sp³-hybridized carbons (Fsp3) is 0.714. The smallest absolute Gasteiger partial charge is 0.386 e. The third kappa shape index (κ3) is 15.9. The number of nitrogen functional groups attached to an aromatic ring is 1. The molecule has 0 bridgehead atoms. The Hall–Kier alpha value is -2.48. The van der Waals surface area contributed by atoms with Crippen molar-refractivity contribution >= 4 is 69.1 Å². The molecule has 1 aliphatic heterocycles. The Morgan fingerprint density at radius 2 is 1.75 bits per heavy atom. The van der Waals surface area contributed by atoms with E-state index in [-0.39, 0.29) is 48.2 Å². The summed E-state index contributed by atoms with van der Waals surface area (Å²) in [6.45, 7) is 2.99. The van der Waals surface area contributed by atoms with Crippen molar-refractivity contribution in [3.63, 3.8) is 0 Å². The second kappa shape index (κ2) is 21.7. The molecule has 324 valence electrons. The van der Waals surface area contributed by atoms with E-state index < -0.39 is 84.6 Å². The number of ether oxygens (including phenoxy) is 2. The van der Waals surface area contributed by atoms with Gasteiger partial charge in [-0.3, -0.25) is 32.5 Å². The van der Waals surface area contributed by atoms with E-state index in [4.69, 9.17) is 24.3 Å². The third-order valence-electron chi connectivity index (χ3n) is 7.88. The maximum atomic E-state index is 12.7. The quantitative estimate of drug-likeness (QED) is 0.0463. The molecular formula is C28H48N7O18P3S. The van der Waals surface area contributed by atoms with Gasteiger partial charge in [-0.1, -0.05) is 45.4 Å². The number of carbonyl (C=O) groups excluding carboxylic acids is 3. The molecule has 3 unspecified atom stereocenters. The minimum absolute atomic E-state index is 0.0236. The van der Waals surface area contributed by atoms with Crippen LogP contribution in [0.2, 0.25) is 0 Å². The molecule has 3 rings (SSSR count). The molecule has 0 aromatic carbocycles. The fourth-order valence-electron chi connectivity index (χ4n) is 4.95. The second-order valence-electron chi connectivity index (χ2n) is 13.0. The largest absolute Gasteiger partial charge is 0.481 e. The van der Waals surface area contributed by atoms with Crippen LogP contribution in [0, 0.1) is 5.41 Å². The fourth-order valence-corrected chi connectivity index (χ4v) is 8.37. The summed E-state index contributed by atoms with van der Waals surface area (Å²) < 4.78 is 67.4. The van der Waals surface area contributed by atoms with Gasteiger partial charge < -0.3 is 55.6 Å². The first-order chi connectivity index (χ1) is 26.6. The van der Waals surface area contributed by atoms with Crippen LogP contribution in [-0.2, 0) is 55.4 Å². The molecule has 10 N–H and O–H groups in total. The Labute approximate surface area is 330 Å². The Bertz CT molecular complexity index is 1820. The van der Waals surface area contributed by atoms with E-state index in [2.05, 4.69) is 41.3 Å². The second-order valence-corrected chi connectivity index (χ2v) is 18.4. The number of phosphoric acid groups is 3. The lowest BCUT2D eigenvalue weighted by Gasteiger charge is -2.30. The van der Waals surface area contributed by atoms with Gasteiger partial charge in [0.2, 0.25) is 16.9 Å². The number of hydrogen-bond acceptors (Lipinski definition) is 19. The molecular weight excluding hydrogens is 847 g/mol. The molecule has 2 aromatic heterocycles. The van der Waals surface area contributed by atoms with Crippen molar-refractivity contribution in [3.8, 4) is 0 Å². The lowest BCUT2D eigenvalue weighted by atomic mass is 9.87. The number of carbonyl (C=O) groups is 3. The van der Waals surface area contributed by atoms with E-state index in [1.165, 1.54) is 13.8 Å². The van der Waals surface area contributed by atoms with Gasteiger partial charge in [0.15, 0.2) is 17.7 Å². The number of aliphatic hydroxyl groups is 2. The van der Waals surface area contributed by atoms with Gasteiger partial charge in [-0.05, 0) is 6.42 Å². The van der Waals surface area contributed by atoms with Crippen LogP contribution >= 0.6 is 35.2 Å². The summed E-state index contributed by atoms with van der Waals surface area (Å²) in [6, 6.07) is 0. The summed E-state index contributed by atoms with van der Waals surface area (Å²) in [5, 5.41) is 26.2. The molecule has 1 fully saturated rings. The Morgan fingerprint density at radius 3 is 2.44 bits per heavy atom. The molecule has 0 saturated carbocycles. The van der Waals surface area contributed by atoms with Gasteiger partial charge in [0.25, 0.3) is 0 Å². The molecule has 25 nitrogen and oxygen atoms in total. The van der Waals surface area contributed by atoms with E-state index in [9.17, 15) is 57.9 Å². The number of aliphatic hydroxyl groups excluding tert-OH is 2. The Balaban J connectivity index is 1.45. The molecule has 1 saturated heterocycles. The van der Waals surface area contributed by atoms with Crippen LogP contribution in [-0.4, -0.2) is 136 Å². The van der Waals surface area contributed by atoms with Gasteiger partial charge in [0.1, 0.15) is 42.9 Å². The minimum atomic E-state index is -5.57. The molecule has 57 heavy (non-hydrogen) atoms. The number of nitrogens with one attached hydrogen (secondary N) is 2. The van der Waals surface area contributed by atoms with Crippen LogP contribution in [0.25, 0.3) is 11.2 Å². The molecule has 0 aliphatic carbocycles. The minimum Gasteiger partial charge on any atom is -0.386 e. The van der Waals surface area contributed by atoms with Crippen LogP contribution in [0.4, 0.5) is 5.82 Å². The number of nitrogens with two attached hydrogens (primary N) is 1. The molecule has 1 aliphatic rings. The van der Waals surface area contributed by atoms with Crippen LogP contribution < -0.4 is 16.4 Å². The Morgan fingerprint density at radius 1 is 1.05 bits per heavy atom. The number of nitrogens with zero attached hydrogens (tertiary/aromatic N) is 4. The zero-order valence-electron chi connectivity index (χ0n) is 31.0. The van der Waals surface area contributed by atoms with Gasteiger partial charge in [0, 0.05) is 37.3 Å². The SMILES string of the molecule is CCCCCOCC(=O)SCCNC(=O)CCNC(=O)C(O)C(C)(C)COP(=O)(O)OP(=O)(O)OC[C@H]1O[C@@H](n2cnc3c(N)ncnc32)[C@H](O)[C@@H]1OP(=O)(O)O. The van der Waals surface area contributed by atoms with Crippen molar-refractivity contribution in [2.24, 2.45) is 5.41 Å². The number of anilines is 1. The first-order valence-electron chi connectivity index (χ1n) is 17.2. The summed E-state index contributed by atoms with van der Waals surface area (Å²) in [6.07, 6.45) is -4.01. The van der Waals surface area contributed by atoms with E-state index in [0.29, 0.717) is 12.4 Å². The zero-order valence-corrected chi connectivity index (χ0v) is 34.5. The van der Waals surface area contributed by atoms with Crippen molar-refractivity contribution < 1.29 is 85.2 Å². The number of aromatic nitrogens is 4. The van der Waals surface area contributed by atoms with Crippen LogP contribution in [0.1, 0.15) is 52.7 Å². The van der Waals surface area contributed by atoms with Gasteiger partial charge >= 0.3 is 23.5 Å². The van der Waals surface area contributed by atoms with Gasteiger partial charge in [-0.15, -0.1) is 0 Å². The highest BCUT2D eigenvalue weighted by Gasteiger charge is 2.50. The summed E-state index contributed by atoms with van der Waals surface area (Å²) in [4.78, 5) is 87.4. The van der Waals surface area contributed by atoms with Crippen molar-refractivity contribution in [2.75, 3.05) is 51.0 Å². The molecule has 0 radical (unpaired) electrons. The van der Waals surface area contributed by atoms with E-state index in [1.807, 2.05) is 0 Å². The summed E-state index contributed by atoms with van der Waals surface area (Å²) in [5.74, 6) is -1.16. The average molecular weight is 896 g/mol. The predicted octanol–water partition coefficient (Wildman–Crippen LogP) is -0.128. The number of imidazole rings is 1. The number of phosphoric ester groups is 3. The highest BCUT2D eigenvalue weighted by atomic mass is 32.2. The standard InChI is InChI=1S/C28H48N7O18P3S/c1-4-5-6-10-48-13-19(37)57-11-9-30-18(36)7-8-31-26(40)23(39)28(2,3)14-50-56(46,47)53-55(44,45)49-12-17-22(52-54(41,42)43)21(38)27(51-17)35-16-34-20-24(29)32-15-33-25(20)35/h15-17,21-23,27,38-39H,4-14H2,1-3H3,(H,30,36)(H,31,40)(H,44,45)(H,46,47)(H2,29,32,33)(H2,41,42,43)/t17-,21-,22-,23?,27-/m1/s1. The zero-order chi connectivity index (χ0) is 42.6. The normalized spacial score (nSPS) is 21.5. The maximum Gasteiger partial charge on any atom is 0.481 e. The first kappa shape index (κ1) is 48.9. The van der Waals surface area contributed by atoms with Gasteiger partial charge in [-0.2, -0.15) is 4.31 Å². The van der Waals surface area contributed by atoms with Crippen LogP contribution in [0.5, 0.6) is 0 Å². The number of unbranched alkanes of at least 4 members (excludes halogenated alkanes) is 2. The van der Waals surface area contributed by atoms with Gasteiger partial charge in [0.05, 0.1) is 19.5 Å². The third-order valence-corrected chi connectivity index (χ3v) is 11.8. The lowest BCUT2D eigenvalue weighted by molar-refractivity contribution is -0.137. The molecule has 2 aromatic rings. The van der Waals surface area contributed by atoms with E-state index in [1.54, 1.807) is 0 Å². The molecule has 7 atom stereocenters. The van der Waals surface area contributed by atoms with Crippen molar-refractivity contribution in [2.45, 2.75) is 77.1 Å². The average Bonchev–Trinajstić information content (AvgIpc) is 3.68. The number of thioether (sulfide) groups is 1. The number of rotatable bonds is 25.